The molecule has 84 valence electrons. The molecule has 1 unspecified atom stereocenters. The number of aliphatic hydroxyl groups excluding tert-OH is 1. The van der Waals surface area contributed by atoms with Crippen molar-refractivity contribution < 1.29 is 5.11 Å². The van der Waals surface area contributed by atoms with Crippen LogP contribution in [0.2, 0.25) is 5.02 Å². The van der Waals surface area contributed by atoms with Crippen LogP contribution in [0.1, 0.15) is 22.1 Å². The maximum atomic E-state index is 10.3. The second-order valence-corrected chi connectivity index (χ2v) is 5.95. The maximum absolute atomic E-state index is 10.3. The van der Waals surface area contributed by atoms with Gasteiger partial charge < -0.3 is 5.11 Å². The van der Waals surface area contributed by atoms with Crippen molar-refractivity contribution in [1.29, 1.82) is 0 Å². The van der Waals surface area contributed by atoms with Crippen LogP contribution in [-0.2, 0) is 0 Å². The molecule has 1 heterocycles. The predicted molar refractivity (Wildman–Crippen MR) is 77.3 cm³/mol. The van der Waals surface area contributed by atoms with Gasteiger partial charge in [0.15, 0.2) is 0 Å². The van der Waals surface area contributed by atoms with Crippen LogP contribution in [0.5, 0.6) is 0 Å². The van der Waals surface area contributed by atoms with Crippen molar-refractivity contribution in [3.8, 4) is 0 Å². The Hall–Kier alpha value is -0.100. The molecule has 4 heteroatoms. The summed E-state index contributed by atoms with van der Waals surface area (Å²) in [6, 6.07) is 7.74. The molecule has 0 aliphatic heterocycles. The predicted octanol–water partition coefficient (Wildman–Crippen LogP) is 4.40. The Morgan fingerprint density at radius 2 is 2.12 bits per heavy atom. The van der Waals surface area contributed by atoms with E-state index in [2.05, 4.69) is 22.6 Å². The summed E-state index contributed by atoms with van der Waals surface area (Å²) < 4.78 is 1.09. The van der Waals surface area contributed by atoms with E-state index in [0.717, 1.165) is 14.0 Å². The molecule has 2 rings (SSSR count). The Balaban J connectivity index is 2.46. The van der Waals surface area contributed by atoms with Crippen LogP contribution in [0.15, 0.2) is 29.6 Å². The molecular weight excluding hydrogens is 355 g/mol. The number of rotatable bonds is 2. The molecular formula is C12H10ClIOS. The number of benzene rings is 1. The SMILES string of the molecule is Cc1cccc(C(O)c2sccc2Cl)c1I. The van der Waals surface area contributed by atoms with Crippen LogP contribution >= 0.6 is 45.5 Å². The van der Waals surface area contributed by atoms with E-state index < -0.39 is 6.10 Å². The zero-order valence-electron chi connectivity index (χ0n) is 8.58. The van der Waals surface area contributed by atoms with Crippen LogP contribution in [0, 0.1) is 10.5 Å². The van der Waals surface area contributed by atoms with Crippen molar-refractivity contribution >= 4 is 45.5 Å². The van der Waals surface area contributed by atoms with E-state index in [1.165, 1.54) is 16.9 Å². The van der Waals surface area contributed by atoms with Crippen molar-refractivity contribution in [3.63, 3.8) is 0 Å². The lowest BCUT2D eigenvalue weighted by Gasteiger charge is -2.13. The third-order valence-corrected chi connectivity index (χ3v) is 5.29. The standard InChI is InChI=1S/C12H10ClIOS/c1-7-3-2-4-8(10(7)14)11(15)12-9(13)5-6-16-12/h2-6,11,15H,1H3. The summed E-state index contributed by atoms with van der Waals surface area (Å²) in [6.45, 7) is 2.04. The molecule has 0 saturated heterocycles. The summed E-state index contributed by atoms with van der Waals surface area (Å²) in [4.78, 5) is 0.810. The van der Waals surface area contributed by atoms with Gasteiger partial charge in [-0.1, -0.05) is 29.8 Å². The van der Waals surface area contributed by atoms with Gasteiger partial charge in [-0.3, -0.25) is 0 Å². The average molecular weight is 365 g/mol. The van der Waals surface area contributed by atoms with Crippen molar-refractivity contribution in [3.05, 3.63) is 54.2 Å². The van der Waals surface area contributed by atoms with Gasteiger partial charge in [0.05, 0.1) is 9.90 Å². The largest absolute Gasteiger partial charge is 0.383 e. The number of aryl methyl sites for hydroxylation is 1. The highest BCUT2D eigenvalue weighted by atomic mass is 127. The molecule has 0 aliphatic carbocycles. The third kappa shape index (κ3) is 2.27. The second kappa shape index (κ2) is 5.04. The highest BCUT2D eigenvalue weighted by Crippen LogP contribution is 2.35. The van der Waals surface area contributed by atoms with Gasteiger partial charge in [0.1, 0.15) is 6.10 Å². The zero-order chi connectivity index (χ0) is 11.7. The molecule has 0 aliphatic rings. The minimum absolute atomic E-state index is 0.626. The zero-order valence-corrected chi connectivity index (χ0v) is 12.3. The first-order valence-electron chi connectivity index (χ1n) is 4.77. The van der Waals surface area contributed by atoms with E-state index in [9.17, 15) is 5.11 Å². The Bertz CT molecular complexity index is 509. The monoisotopic (exact) mass is 364 g/mol. The maximum Gasteiger partial charge on any atom is 0.116 e. The molecule has 0 saturated carbocycles. The summed E-state index contributed by atoms with van der Waals surface area (Å²) in [6.07, 6.45) is -0.626. The normalized spacial score (nSPS) is 12.8. The summed E-state index contributed by atoms with van der Waals surface area (Å²) in [5, 5.41) is 12.8. The van der Waals surface area contributed by atoms with E-state index in [1.54, 1.807) is 0 Å². The van der Waals surface area contributed by atoms with E-state index in [1.807, 2.05) is 36.6 Å². The number of hydrogen-bond acceptors (Lipinski definition) is 2. The van der Waals surface area contributed by atoms with E-state index in [0.29, 0.717) is 5.02 Å². The van der Waals surface area contributed by atoms with Crippen LogP contribution in [-0.4, -0.2) is 5.11 Å². The molecule has 16 heavy (non-hydrogen) atoms. The van der Waals surface area contributed by atoms with Gasteiger partial charge in [-0.15, -0.1) is 11.3 Å². The number of aliphatic hydroxyl groups is 1. The van der Waals surface area contributed by atoms with Crippen LogP contribution in [0.4, 0.5) is 0 Å². The summed E-state index contributed by atoms with van der Waals surface area (Å²) in [5.74, 6) is 0. The Morgan fingerprint density at radius 1 is 1.38 bits per heavy atom. The van der Waals surface area contributed by atoms with Gasteiger partial charge in [-0.25, -0.2) is 0 Å². The Labute approximate surface area is 117 Å². The molecule has 0 bridgehead atoms. The Morgan fingerprint density at radius 3 is 2.75 bits per heavy atom. The van der Waals surface area contributed by atoms with Gasteiger partial charge in [-0.2, -0.15) is 0 Å². The second-order valence-electron chi connectivity index (χ2n) is 3.51. The van der Waals surface area contributed by atoms with Gasteiger partial charge >= 0.3 is 0 Å². The van der Waals surface area contributed by atoms with E-state index in [4.69, 9.17) is 11.6 Å². The molecule has 2 aromatic rings. The van der Waals surface area contributed by atoms with Gasteiger partial charge in [-0.05, 0) is 52.1 Å². The molecule has 0 fully saturated rings. The number of halogens is 2. The Kier molecular flexibility index (Phi) is 3.89. The van der Waals surface area contributed by atoms with Crippen molar-refractivity contribution in [2.45, 2.75) is 13.0 Å². The van der Waals surface area contributed by atoms with Crippen molar-refractivity contribution in [1.82, 2.24) is 0 Å². The minimum atomic E-state index is -0.626. The lowest BCUT2D eigenvalue weighted by molar-refractivity contribution is 0.223. The molecule has 1 atom stereocenters. The summed E-state index contributed by atoms with van der Waals surface area (Å²) in [5.41, 5.74) is 2.09. The van der Waals surface area contributed by atoms with Crippen LogP contribution in [0.3, 0.4) is 0 Å². The molecule has 0 radical (unpaired) electrons. The number of hydrogen-bond donors (Lipinski definition) is 1. The fraction of sp³-hybridized carbons (Fsp3) is 0.167. The molecule has 1 nitrogen and oxygen atoms in total. The quantitative estimate of drug-likeness (QED) is 0.783. The summed E-state index contributed by atoms with van der Waals surface area (Å²) in [7, 11) is 0. The molecule has 0 amide bonds. The first kappa shape index (κ1) is 12.4. The van der Waals surface area contributed by atoms with Gasteiger partial charge in [0, 0.05) is 3.57 Å². The van der Waals surface area contributed by atoms with Crippen LogP contribution in [0.25, 0.3) is 0 Å². The van der Waals surface area contributed by atoms with Crippen LogP contribution < -0.4 is 0 Å². The topological polar surface area (TPSA) is 20.2 Å². The smallest absolute Gasteiger partial charge is 0.116 e. The highest BCUT2D eigenvalue weighted by Gasteiger charge is 2.18. The van der Waals surface area contributed by atoms with Gasteiger partial charge in [0.25, 0.3) is 0 Å². The van der Waals surface area contributed by atoms with Gasteiger partial charge in [0.2, 0.25) is 0 Å². The lowest BCUT2D eigenvalue weighted by Crippen LogP contribution is -2.01. The minimum Gasteiger partial charge on any atom is -0.383 e. The van der Waals surface area contributed by atoms with Crippen molar-refractivity contribution in [2.75, 3.05) is 0 Å². The highest BCUT2D eigenvalue weighted by molar-refractivity contribution is 14.1. The fourth-order valence-corrected chi connectivity index (χ4v) is 3.34. The molecule has 1 aromatic heterocycles. The molecule has 0 spiro atoms. The first-order chi connectivity index (χ1) is 7.61. The fourth-order valence-electron chi connectivity index (χ4n) is 1.52. The van der Waals surface area contributed by atoms with E-state index in [-0.39, 0.29) is 0 Å². The number of thiophene rings is 1. The van der Waals surface area contributed by atoms with E-state index >= 15 is 0 Å². The third-order valence-electron chi connectivity index (χ3n) is 2.41. The first-order valence-corrected chi connectivity index (χ1v) is 7.11. The summed E-state index contributed by atoms with van der Waals surface area (Å²) >= 11 is 9.76. The average Bonchev–Trinajstić information content (AvgIpc) is 2.68. The molecule has 1 aromatic carbocycles. The lowest BCUT2D eigenvalue weighted by atomic mass is 10.1. The van der Waals surface area contributed by atoms with Crippen molar-refractivity contribution in [2.24, 2.45) is 0 Å². The molecule has 1 N–H and O–H groups in total.